The van der Waals surface area contributed by atoms with Gasteiger partial charge in [0.25, 0.3) is 0 Å². The Morgan fingerprint density at radius 1 is 0.727 bits per heavy atom. The summed E-state index contributed by atoms with van der Waals surface area (Å²) < 4.78 is 0. The molecule has 0 atom stereocenters. The Hall–Kier alpha value is -2.04. The van der Waals surface area contributed by atoms with Crippen LogP contribution in [0.4, 0.5) is 11.4 Å². The molecular formula is C16H12Cl2N2O2. The van der Waals surface area contributed by atoms with Gasteiger partial charge >= 0.3 is 0 Å². The molecule has 0 saturated carbocycles. The molecule has 2 aliphatic rings. The summed E-state index contributed by atoms with van der Waals surface area (Å²) in [5.41, 5.74) is 3.75. The van der Waals surface area contributed by atoms with Gasteiger partial charge in [-0.05, 0) is 47.5 Å². The van der Waals surface area contributed by atoms with Crippen LogP contribution in [0, 0.1) is 0 Å². The number of carbonyl (C=O) groups excluding carboxylic acids is 2. The standard InChI is InChI=1S/2C8H6ClNO/c2*9-6-1-2-7-5(3-6)4-8(11)10-7/h2*1-3H,4H2,(H,10,11). The van der Waals surface area contributed by atoms with Crippen LogP contribution in [0.15, 0.2) is 36.4 Å². The number of anilines is 2. The van der Waals surface area contributed by atoms with Gasteiger partial charge in [0.05, 0.1) is 12.8 Å². The van der Waals surface area contributed by atoms with E-state index in [0.29, 0.717) is 22.9 Å². The first-order chi connectivity index (χ1) is 10.5. The molecule has 0 aromatic heterocycles. The first-order valence-corrected chi connectivity index (χ1v) is 7.43. The van der Waals surface area contributed by atoms with Gasteiger partial charge in [-0.3, -0.25) is 9.59 Å². The lowest BCUT2D eigenvalue weighted by molar-refractivity contribution is -0.115. The minimum atomic E-state index is 0.0438. The molecular weight excluding hydrogens is 323 g/mol. The molecule has 4 nitrogen and oxygen atoms in total. The number of nitrogens with one attached hydrogen (secondary N) is 2. The van der Waals surface area contributed by atoms with Crippen LogP contribution in [0.2, 0.25) is 10.0 Å². The second-order valence-electron chi connectivity index (χ2n) is 5.05. The lowest BCUT2D eigenvalue weighted by atomic mass is 10.2. The van der Waals surface area contributed by atoms with E-state index >= 15 is 0 Å². The molecule has 2 amide bonds. The van der Waals surface area contributed by atoms with Crippen molar-refractivity contribution in [3.63, 3.8) is 0 Å². The highest BCUT2D eigenvalue weighted by atomic mass is 35.5. The fraction of sp³-hybridized carbons (Fsp3) is 0.125. The molecule has 2 aromatic carbocycles. The predicted molar refractivity (Wildman–Crippen MR) is 87.6 cm³/mol. The summed E-state index contributed by atoms with van der Waals surface area (Å²) in [4.78, 5) is 21.7. The molecule has 0 saturated heterocycles. The van der Waals surface area contributed by atoms with Crippen molar-refractivity contribution in [2.75, 3.05) is 10.6 Å². The highest BCUT2D eigenvalue weighted by Gasteiger charge is 2.17. The third-order valence-corrected chi connectivity index (χ3v) is 3.85. The first-order valence-electron chi connectivity index (χ1n) is 6.68. The van der Waals surface area contributed by atoms with Crippen molar-refractivity contribution in [3.05, 3.63) is 57.6 Å². The maximum absolute atomic E-state index is 10.9. The Morgan fingerprint density at radius 2 is 1.14 bits per heavy atom. The van der Waals surface area contributed by atoms with Gasteiger partial charge in [0.2, 0.25) is 11.8 Å². The fourth-order valence-corrected chi connectivity index (χ4v) is 2.79. The van der Waals surface area contributed by atoms with Crippen LogP contribution < -0.4 is 10.6 Å². The van der Waals surface area contributed by atoms with Crippen molar-refractivity contribution < 1.29 is 9.59 Å². The Kier molecular flexibility index (Phi) is 4.05. The van der Waals surface area contributed by atoms with E-state index < -0.39 is 0 Å². The lowest BCUT2D eigenvalue weighted by Gasteiger charge is -1.96. The lowest BCUT2D eigenvalue weighted by Crippen LogP contribution is -2.03. The zero-order valence-corrected chi connectivity index (χ0v) is 13.0. The van der Waals surface area contributed by atoms with Crippen molar-refractivity contribution in [3.8, 4) is 0 Å². The average molecular weight is 335 g/mol. The number of fused-ring (bicyclic) bond motifs is 2. The molecule has 0 unspecified atom stereocenters. The summed E-state index contributed by atoms with van der Waals surface area (Å²) in [5, 5.41) is 6.82. The average Bonchev–Trinajstić information content (AvgIpc) is 2.99. The van der Waals surface area contributed by atoms with Crippen LogP contribution in [0.5, 0.6) is 0 Å². The smallest absolute Gasteiger partial charge is 0.228 e. The number of rotatable bonds is 0. The van der Waals surface area contributed by atoms with Crippen LogP contribution in [0.1, 0.15) is 11.1 Å². The highest BCUT2D eigenvalue weighted by Crippen LogP contribution is 2.26. The molecule has 2 heterocycles. The van der Waals surface area contributed by atoms with E-state index in [9.17, 15) is 9.59 Å². The number of carbonyl (C=O) groups is 2. The van der Waals surface area contributed by atoms with E-state index in [4.69, 9.17) is 23.2 Å². The van der Waals surface area contributed by atoms with E-state index in [-0.39, 0.29) is 11.8 Å². The molecule has 4 rings (SSSR count). The third kappa shape index (κ3) is 3.24. The zero-order chi connectivity index (χ0) is 15.7. The molecule has 0 fully saturated rings. The van der Waals surface area contributed by atoms with Crippen molar-refractivity contribution in [1.82, 2.24) is 0 Å². The van der Waals surface area contributed by atoms with Crippen molar-refractivity contribution >= 4 is 46.4 Å². The third-order valence-electron chi connectivity index (χ3n) is 3.38. The number of hydrogen-bond acceptors (Lipinski definition) is 2. The van der Waals surface area contributed by atoms with Crippen molar-refractivity contribution in [2.24, 2.45) is 0 Å². The monoisotopic (exact) mass is 334 g/mol. The van der Waals surface area contributed by atoms with Gasteiger partial charge in [-0.2, -0.15) is 0 Å². The Morgan fingerprint density at radius 3 is 1.55 bits per heavy atom. The molecule has 0 bridgehead atoms. The summed E-state index contributed by atoms with van der Waals surface area (Å²) >= 11 is 11.5. The molecule has 0 radical (unpaired) electrons. The SMILES string of the molecule is O=C1Cc2cc(Cl)ccc2N1.O=C1Cc2cc(Cl)ccc2N1. The molecule has 6 heteroatoms. The van der Waals surface area contributed by atoms with Crippen LogP contribution in [0.3, 0.4) is 0 Å². The molecule has 0 spiro atoms. The van der Waals surface area contributed by atoms with Crippen LogP contribution in [0.25, 0.3) is 0 Å². The molecule has 2 aliphatic heterocycles. The van der Waals surface area contributed by atoms with Crippen LogP contribution >= 0.6 is 23.2 Å². The maximum Gasteiger partial charge on any atom is 0.228 e. The Labute approximate surface area is 137 Å². The Balaban J connectivity index is 0.000000131. The van der Waals surface area contributed by atoms with Gasteiger partial charge in [-0.15, -0.1) is 0 Å². The van der Waals surface area contributed by atoms with E-state index in [1.54, 1.807) is 12.1 Å². The van der Waals surface area contributed by atoms with E-state index in [1.807, 2.05) is 24.3 Å². The summed E-state index contributed by atoms with van der Waals surface area (Å²) in [5.74, 6) is 0.0875. The van der Waals surface area contributed by atoms with Gasteiger partial charge in [-0.1, -0.05) is 23.2 Å². The number of hydrogen-bond donors (Lipinski definition) is 2. The number of halogens is 2. The fourth-order valence-electron chi connectivity index (χ4n) is 2.40. The van der Waals surface area contributed by atoms with E-state index in [0.717, 1.165) is 22.5 Å². The summed E-state index contributed by atoms with van der Waals surface area (Å²) in [6.07, 6.45) is 0.909. The summed E-state index contributed by atoms with van der Waals surface area (Å²) in [7, 11) is 0. The predicted octanol–water partition coefficient (Wildman–Crippen LogP) is 3.67. The quantitative estimate of drug-likeness (QED) is 0.772. The second kappa shape index (κ2) is 5.99. The molecule has 22 heavy (non-hydrogen) atoms. The normalized spacial score (nSPS) is 14.5. The molecule has 2 aromatic rings. The van der Waals surface area contributed by atoms with Crippen LogP contribution in [-0.2, 0) is 22.4 Å². The van der Waals surface area contributed by atoms with E-state index in [2.05, 4.69) is 10.6 Å². The summed E-state index contributed by atoms with van der Waals surface area (Å²) in [6.45, 7) is 0. The largest absolute Gasteiger partial charge is 0.326 e. The maximum atomic E-state index is 10.9. The minimum absolute atomic E-state index is 0.0438. The molecule has 112 valence electrons. The first kappa shape index (κ1) is 14.9. The highest BCUT2D eigenvalue weighted by molar-refractivity contribution is 6.31. The van der Waals surface area contributed by atoms with Gasteiger partial charge in [-0.25, -0.2) is 0 Å². The van der Waals surface area contributed by atoms with Gasteiger partial charge in [0.15, 0.2) is 0 Å². The zero-order valence-electron chi connectivity index (χ0n) is 11.5. The second-order valence-corrected chi connectivity index (χ2v) is 5.93. The Bertz CT molecular complexity index is 709. The van der Waals surface area contributed by atoms with Crippen molar-refractivity contribution in [1.29, 1.82) is 0 Å². The molecule has 2 N–H and O–H groups in total. The molecule has 0 aliphatic carbocycles. The van der Waals surface area contributed by atoms with Gasteiger partial charge in [0, 0.05) is 21.4 Å². The minimum Gasteiger partial charge on any atom is -0.326 e. The van der Waals surface area contributed by atoms with E-state index in [1.165, 1.54) is 0 Å². The summed E-state index contributed by atoms with van der Waals surface area (Å²) in [6, 6.07) is 10.8. The van der Waals surface area contributed by atoms with Crippen molar-refractivity contribution in [2.45, 2.75) is 12.8 Å². The van der Waals surface area contributed by atoms with Gasteiger partial charge in [0.1, 0.15) is 0 Å². The topological polar surface area (TPSA) is 58.2 Å². The number of benzene rings is 2. The van der Waals surface area contributed by atoms with Crippen LogP contribution in [-0.4, -0.2) is 11.8 Å². The number of amides is 2. The van der Waals surface area contributed by atoms with Gasteiger partial charge < -0.3 is 10.6 Å².